The zero-order valence-corrected chi connectivity index (χ0v) is 65.0. The van der Waals surface area contributed by atoms with Gasteiger partial charge in [-0.15, -0.1) is 0 Å². The van der Waals surface area contributed by atoms with E-state index in [2.05, 4.69) is 21.2 Å². The van der Waals surface area contributed by atoms with Crippen molar-refractivity contribution < 1.29 is 128 Å². The van der Waals surface area contributed by atoms with Crippen LogP contribution in [0.4, 0.5) is 4.79 Å². The number of alkyl carbamates (subject to hydrolysis) is 1. The Labute approximate surface area is 642 Å². The van der Waals surface area contributed by atoms with Gasteiger partial charge in [0.15, 0.2) is 0 Å². The Morgan fingerprint density at radius 1 is 0.459 bits per heavy atom. The number of halogens is 1. The third-order valence-corrected chi connectivity index (χ3v) is 23.6. The second kappa shape index (κ2) is 40.6. The summed E-state index contributed by atoms with van der Waals surface area (Å²) in [4.78, 5) is 22.2. The van der Waals surface area contributed by atoms with Crippen LogP contribution in [-0.2, 0) is 123 Å². The number of aliphatic hydroxyl groups is 4. The van der Waals surface area contributed by atoms with E-state index >= 15 is 0 Å². The molecule has 1 amide bonds. The smallest absolute Gasteiger partial charge is 0.407 e. The van der Waals surface area contributed by atoms with Crippen LogP contribution in [0.2, 0.25) is 0 Å². The number of aryl methyl sites for hydroxylation is 4. The topological polar surface area (TPSA) is 393 Å². The predicted molar refractivity (Wildman–Crippen MR) is 394 cm³/mol. The molecular formula is C75H90BrNO28S4. The molecule has 29 nitrogen and oxygen atoms in total. The SMILES string of the molecule is CC(=O)OCc1ccccc1.Cc1ccc(S(=O)(=O)O[C@@H](CO)[C@@H]2C=CCO2)cc1.Cc1ccc(S(=O)(=O)O[C@H]2CO[C@H]3[C@@H]2OC[C@@H]3Br)cc1.Cc1ccc(S(=O)(=O)O[C@H]2CO[C@H]3[C@@H]2OC[C@H]3OS(=O)(=O)c2ccc(C)cc2)cc1.O=C(NC[C@@H](O)[C@@H]1C=CCO1)OCc1ccccc1.O[C@@H]1CO[C@H]2[C@@H]1OC[C@@H]2O. The summed E-state index contributed by atoms with van der Waals surface area (Å²) in [5.74, 6) is -0.242. The number of nitrogens with one attached hydrogen (secondary N) is 1. The fourth-order valence-electron chi connectivity index (χ4n) is 11.6. The summed E-state index contributed by atoms with van der Waals surface area (Å²) in [7, 11) is -15.7. The first-order chi connectivity index (χ1) is 52.0. The first-order valence-corrected chi connectivity index (χ1v) is 41.2. The molecule has 34 heteroatoms. The number of hydrogen-bond acceptors (Lipinski definition) is 28. The van der Waals surface area contributed by atoms with Crippen molar-refractivity contribution in [1.82, 2.24) is 5.32 Å². The molecule has 0 aliphatic carbocycles. The van der Waals surface area contributed by atoms with E-state index in [1.165, 1.54) is 43.3 Å². The number of rotatable bonds is 21. The molecule has 594 valence electrons. The number of carbonyl (C=O) groups excluding carboxylic acids is 2. The second-order valence-electron chi connectivity index (χ2n) is 26.0. The Bertz CT molecular complexity index is 4290. The third-order valence-electron chi connectivity index (χ3n) is 17.5. The highest BCUT2D eigenvalue weighted by Gasteiger charge is 2.53. The number of alkyl halides is 1. The molecule has 8 aliphatic heterocycles. The monoisotopic (exact) mass is 1660 g/mol. The Morgan fingerprint density at radius 2 is 0.807 bits per heavy atom. The second-order valence-corrected chi connectivity index (χ2v) is 33.4. The fourth-order valence-corrected chi connectivity index (χ4v) is 16.5. The van der Waals surface area contributed by atoms with Gasteiger partial charge in [-0.2, -0.15) is 33.7 Å². The summed E-state index contributed by atoms with van der Waals surface area (Å²) in [5, 5.41) is 39.8. The van der Waals surface area contributed by atoms with E-state index in [-0.39, 0.29) is 107 Å². The van der Waals surface area contributed by atoms with Crippen molar-refractivity contribution in [3.8, 4) is 0 Å². The van der Waals surface area contributed by atoms with Crippen molar-refractivity contribution in [3.05, 3.63) is 215 Å². The predicted octanol–water partition coefficient (Wildman–Crippen LogP) is 6.08. The highest BCUT2D eigenvalue weighted by molar-refractivity contribution is 9.09. The van der Waals surface area contributed by atoms with Crippen molar-refractivity contribution in [2.24, 2.45) is 0 Å². The average molecular weight is 1660 g/mol. The molecule has 0 bridgehead atoms. The normalized spacial score (nSPS) is 26.2. The lowest BCUT2D eigenvalue weighted by Crippen LogP contribution is -2.38. The van der Waals surface area contributed by atoms with Crippen molar-refractivity contribution in [2.45, 2.75) is 164 Å². The minimum atomic E-state index is -4.02. The van der Waals surface area contributed by atoms with Crippen molar-refractivity contribution in [3.63, 3.8) is 0 Å². The summed E-state index contributed by atoms with van der Waals surface area (Å²) in [6.07, 6.45) is -2.11. The zero-order valence-electron chi connectivity index (χ0n) is 60.1. The van der Waals surface area contributed by atoms with Gasteiger partial charge in [-0.25, -0.2) is 4.79 Å². The Balaban J connectivity index is 0.000000156. The highest BCUT2D eigenvalue weighted by atomic mass is 79.9. The first-order valence-electron chi connectivity index (χ1n) is 34.7. The Morgan fingerprint density at radius 3 is 1.18 bits per heavy atom. The molecule has 0 saturated carbocycles. The zero-order chi connectivity index (χ0) is 78.5. The van der Waals surface area contributed by atoms with Crippen LogP contribution in [0.5, 0.6) is 0 Å². The van der Waals surface area contributed by atoms with Crippen LogP contribution in [-0.4, -0.2) is 229 Å². The van der Waals surface area contributed by atoms with Crippen LogP contribution < -0.4 is 5.32 Å². The summed E-state index contributed by atoms with van der Waals surface area (Å²) in [5.41, 5.74) is 5.73. The molecular weight excluding hydrogens is 1570 g/mol. The van der Waals surface area contributed by atoms with E-state index in [0.717, 1.165) is 33.4 Å². The molecule has 5 N–H and O–H groups in total. The van der Waals surface area contributed by atoms with Gasteiger partial charge in [0.2, 0.25) is 0 Å². The molecule has 0 spiro atoms. The molecule has 109 heavy (non-hydrogen) atoms. The lowest BCUT2D eigenvalue weighted by Gasteiger charge is -2.20. The first kappa shape index (κ1) is 86.2. The Kier molecular flexibility index (Phi) is 32.1. The van der Waals surface area contributed by atoms with E-state index in [1.807, 2.05) is 94.4 Å². The molecule has 6 fully saturated rings. The molecule has 16 atom stereocenters. The standard InChI is InChI=1S/C20H22O8S2.C14H17NO4.C13H15BrO5S.C13H16O5S.C9H10O2.C6H10O4/c1-13-3-7-15(8-4-13)29(21,22)27-17-11-25-20-18(12-26-19(17)20)28-30(23,24)16-9-5-14(2)6-10-16;16-12(13-7-4-8-18-13)9-15-14(17)19-10-11-5-2-1-3-6-11;1-8-2-4-9(5-3-8)20(15,16)19-11-7-18-12-10(14)6-17-13(11)12;1-10-4-6-11(7-5-10)19(15,16)18-13(9-14)12-3-2-8-17-12;1-8(10)11-7-9-5-3-2-4-6-9;7-3-1-9-6-4(8)2-10-5(3)6/h3-10,17-20H,11-12H2,1-2H3;1-7,12-13,16H,8-10H2,(H,15,17);2-5,10-13H,6-7H2,1H3;2-7,12-14H,8-9H2,1H3;2-6H,7H2,1H3;3-8H,1-2H2/t17-,18+,19-,20-;12-,13+;10-,11-,12+,13+;12-,13-;;3-,4+,5-,6-/m1100.1/s1. The molecule has 6 aromatic rings. The summed E-state index contributed by atoms with van der Waals surface area (Å²) >= 11 is 3.45. The van der Waals surface area contributed by atoms with Crippen molar-refractivity contribution in [1.29, 1.82) is 0 Å². The van der Waals surface area contributed by atoms with Gasteiger partial charge in [0.05, 0.1) is 83.9 Å². The van der Waals surface area contributed by atoms with E-state index in [4.69, 9.17) is 74.3 Å². The van der Waals surface area contributed by atoms with Gasteiger partial charge in [-0.1, -0.05) is 172 Å². The molecule has 6 aromatic carbocycles. The molecule has 6 saturated heterocycles. The van der Waals surface area contributed by atoms with Crippen molar-refractivity contribution in [2.75, 3.05) is 66.0 Å². The Hall–Kier alpha value is -6.82. The average Bonchev–Trinajstić information content (AvgIpc) is 1.60. The van der Waals surface area contributed by atoms with Crippen LogP contribution in [0.3, 0.4) is 0 Å². The molecule has 0 radical (unpaired) electrons. The van der Waals surface area contributed by atoms with Gasteiger partial charge in [0, 0.05) is 13.5 Å². The minimum absolute atomic E-state index is 0.0318. The maximum atomic E-state index is 12.6. The van der Waals surface area contributed by atoms with Crippen LogP contribution in [0.15, 0.2) is 202 Å². The molecule has 8 heterocycles. The number of carbonyl (C=O) groups is 2. The number of ether oxygens (including phenoxy) is 10. The van der Waals surface area contributed by atoms with Crippen molar-refractivity contribution >= 4 is 68.5 Å². The van der Waals surface area contributed by atoms with Crippen LogP contribution >= 0.6 is 15.9 Å². The number of esters is 1. The molecule has 0 unspecified atom stereocenters. The maximum absolute atomic E-state index is 12.6. The quantitative estimate of drug-likeness (QED) is 0.0236. The summed E-state index contributed by atoms with van der Waals surface area (Å²) in [6, 6.07) is 44.5. The molecule has 0 aromatic heterocycles. The van der Waals surface area contributed by atoms with Gasteiger partial charge >= 0.3 is 12.1 Å². The number of aliphatic hydroxyl groups excluding tert-OH is 4. The van der Waals surface area contributed by atoms with Crippen LogP contribution in [0.1, 0.15) is 40.3 Å². The van der Waals surface area contributed by atoms with Gasteiger partial charge in [0.1, 0.15) is 105 Å². The third kappa shape index (κ3) is 25.3. The minimum Gasteiger partial charge on any atom is -0.461 e. The van der Waals surface area contributed by atoms with E-state index in [9.17, 15) is 53.5 Å². The van der Waals surface area contributed by atoms with Gasteiger partial charge in [-0.3, -0.25) is 21.5 Å². The maximum Gasteiger partial charge on any atom is 0.407 e. The lowest BCUT2D eigenvalue weighted by molar-refractivity contribution is -0.142. The largest absolute Gasteiger partial charge is 0.461 e. The van der Waals surface area contributed by atoms with Crippen LogP contribution in [0.25, 0.3) is 0 Å². The van der Waals surface area contributed by atoms with E-state index < -0.39 is 114 Å². The fraction of sp³-hybridized carbons (Fsp3) is 0.440. The summed E-state index contributed by atoms with van der Waals surface area (Å²) < 4.78 is 172. The molecule has 14 rings (SSSR count). The lowest BCUT2D eigenvalue weighted by atomic mass is 10.1. The van der Waals surface area contributed by atoms with Gasteiger partial charge in [0.25, 0.3) is 40.5 Å². The van der Waals surface area contributed by atoms with E-state index in [1.54, 1.807) is 78.9 Å². The van der Waals surface area contributed by atoms with E-state index in [0.29, 0.717) is 26.4 Å². The number of benzene rings is 6. The molecule has 8 aliphatic rings. The van der Waals surface area contributed by atoms with Crippen LogP contribution in [0, 0.1) is 27.7 Å². The number of fused-ring (bicyclic) bond motifs is 3. The highest BCUT2D eigenvalue weighted by Crippen LogP contribution is 2.36. The summed E-state index contributed by atoms with van der Waals surface area (Å²) in [6.45, 7) is 11.2. The number of amides is 1. The number of hydrogen-bond donors (Lipinski definition) is 5. The van der Waals surface area contributed by atoms with Gasteiger partial charge in [-0.05, 0) is 87.4 Å². The van der Waals surface area contributed by atoms with Gasteiger partial charge < -0.3 is 73.1 Å².